The van der Waals surface area contributed by atoms with E-state index in [0.29, 0.717) is 0 Å². The Hall–Kier alpha value is -2.17. The minimum Gasteiger partial charge on any atom is -0.414 e. The number of aliphatic hydroxyl groups excluding tert-OH is 1. The Kier molecular flexibility index (Phi) is 20.9. The SMILES string of the molecule is C=C=C[C@H]1O[C@H](CO[Si](c2ccccc2)(c2ccccc2)C(C)(C)C)C(=O)[C@@H]([C@H](O)[C@@H]2O[C@H](CO[Si](C)(C)C(C)(C)C)[C@H](O[Si](C)(C)C(C)(C)C)[C@H](O[Si](C)(C)C(C)(C)C)[C@@H]2O[Si](C)(C)C(C)(C)C)[C@@H]1[Si](C)(C)c1ccccc1. The molecule has 2 saturated heterocycles. The van der Waals surface area contributed by atoms with Gasteiger partial charge >= 0.3 is 0 Å². The van der Waals surface area contributed by atoms with Gasteiger partial charge in [0.1, 0.15) is 36.6 Å². The number of rotatable bonds is 19. The van der Waals surface area contributed by atoms with Crippen LogP contribution >= 0.6 is 0 Å². The molecule has 0 saturated carbocycles. The molecule has 442 valence electrons. The monoisotopic (exact) mass is 1190 g/mol. The third-order valence-corrected chi connectivity index (χ3v) is 46.8. The summed E-state index contributed by atoms with van der Waals surface area (Å²) in [5.41, 5.74) is 2.61. The number of hydrogen-bond acceptors (Lipinski definition) is 9. The molecule has 0 unspecified atom stereocenters. The fourth-order valence-electron chi connectivity index (χ4n) is 10.6. The second-order valence-corrected chi connectivity index (χ2v) is 58.8. The van der Waals surface area contributed by atoms with E-state index < -0.39 is 110 Å². The Bertz CT molecular complexity index is 2470. The topological polar surface area (TPSA) is 102 Å². The second-order valence-electron chi connectivity index (χ2n) is 30.7. The average Bonchev–Trinajstić information content (AvgIpc) is 3.33. The minimum atomic E-state index is -3.18. The lowest BCUT2D eigenvalue weighted by Crippen LogP contribution is -2.72. The van der Waals surface area contributed by atoms with Crippen LogP contribution in [0.5, 0.6) is 0 Å². The molecule has 0 amide bonds. The molecule has 0 spiro atoms. The van der Waals surface area contributed by atoms with E-state index in [9.17, 15) is 5.11 Å². The summed E-state index contributed by atoms with van der Waals surface area (Å²) < 4.78 is 53.3. The molecule has 2 aliphatic rings. The van der Waals surface area contributed by atoms with Gasteiger partial charge in [0.2, 0.25) is 0 Å². The number of ether oxygens (including phenoxy) is 2. The molecule has 0 aliphatic carbocycles. The zero-order valence-corrected chi connectivity index (χ0v) is 59.8. The molecule has 15 heteroatoms. The highest BCUT2D eigenvalue weighted by Crippen LogP contribution is 2.51. The maximum Gasteiger partial charge on any atom is 0.261 e. The van der Waals surface area contributed by atoms with Crippen LogP contribution in [0, 0.1) is 5.92 Å². The molecule has 0 bridgehead atoms. The van der Waals surface area contributed by atoms with Crippen molar-refractivity contribution in [2.24, 2.45) is 5.92 Å². The van der Waals surface area contributed by atoms with Crippen LogP contribution in [-0.2, 0) is 36.4 Å². The van der Waals surface area contributed by atoms with Crippen molar-refractivity contribution in [1.29, 1.82) is 0 Å². The summed E-state index contributed by atoms with van der Waals surface area (Å²) in [6.45, 7) is 60.9. The van der Waals surface area contributed by atoms with E-state index in [1.807, 2.05) is 24.3 Å². The van der Waals surface area contributed by atoms with Crippen molar-refractivity contribution in [3.63, 3.8) is 0 Å². The second kappa shape index (κ2) is 24.4. The van der Waals surface area contributed by atoms with Gasteiger partial charge in [0.15, 0.2) is 39.1 Å². The van der Waals surface area contributed by atoms with Crippen molar-refractivity contribution in [2.45, 2.75) is 249 Å². The fourth-order valence-corrected chi connectivity index (χ4v) is 23.8. The van der Waals surface area contributed by atoms with E-state index in [0.717, 1.165) is 15.6 Å². The first kappa shape index (κ1) is 67.6. The summed E-state index contributed by atoms with van der Waals surface area (Å²) in [6, 6.07) is 31.4. The molecule has 2 aliphatic heterocycles. The zero-order chi connectivity index (χ0) is 60.0. The van der Waals surface area contributed by atoms with Crippen molar-refractivity contribution in [3.8, 4) is 0 Å². The van der Waals surface area contributed by atoms with Gasteiger partial charge in [0, 0.05) is 5.54 Å². The molecule has 3 aromatic carbocycles. The lowest BCUT2D eigenvalue weighted by Gasteiger charge is -2.57. The standard InChI is InChI=1S/C64H108O9Si6/c1-27-37-49-59(74(17,18)46-38-31-28-32-39-46)52(53(65)50(69-49)44-68-79(64(14,15)16,47-40-33-29-34-41-47)48-42-35-30-36-43-48)54(66)56-58(73-78(25,26)63(11,12)13)57(72-77(23,24)62(8,9)10)55(71-76(21,22)61(5,6)7)51(70-56)45-67-75(19,20)60(2,3)4/h28-43,49-52,54-59,66H,1,44-45H2,2-26H3/t49-,50-,51-,52+,54+,55+,56+,57+,58-,59-/m1/s1. The first-order valence-electron chi connectivity index (χ1n) is 29.3. The molecule has 2 fully saturated rings. The van der Waals surface area contributed by atoms with E-state index in [1.165, 1.54) is 0 Å². The van der Waals surface area contributed by atoms with Crippen LogP contribution in [-0.4, -0.2) is 123 Å². The Labute approximate surface area is 487 Å². The Morgan fingerprint density at radius 1 is 0.532 bits per heavy atom. The molecule has 2 heterocycles. The van der Waals surface area contributed by atoms with E-state index in [2.05, 4.69) is 254 Å². The first-order valence-corrected chi connectivity index (χ1v) is 45.9. The highest BCUT2D eigenvalue weighted by molar-refractivity contribution is 6.99. The summed E-state index contributed by atoms with van der Waals surface area (Å²) in [5.74, 6) is -1.23. The number of aliphatic hydroxyl groups is 1. The maximum atomic E-state index is 16.6. The van der Waals surface area contributed by atoms with Gasteiger partial charge in [-0.15, -0.1) is 5.73 Å². The lowest BCUT2D eigenvalue weighted by atomic mass is 9.79. The summed E-state index contributed by atoms with van der Waals surface area (Å²) in [7, 11) is -16.5. The number of ketones is 1. The van der Waals surface area contributed by atoms with Crippen molar-refractivity contribution in [3.05, 3.63) is 109 Å². The number of Topliss-reactive ketones (excluding diaryl/α,β-unsaturated/α-hetero) is 1. The van der Waals surface area contributed by atoms with E-state index >= 15 is 4.79 Å². The lowest BCUT2D eigenvalue weighted by molar-refractivity contribution is -0.245. The fraction of sp³-hybridized carbons (Fsp3) is 0.656. The van der Waals surface area contributed by atoms with Gasteiger partial charge in [-0.3, -0.25) is 4.79 Å². The molecule has 0 radical (unpaired) electrons. The van der Waals surface area contributed by atoms with Crippen molar-refractivity contribution >= 4 is 71.0 Å². The molecule has 0 aromatic heterocycles. The quantitative estimate of drug-likeness (QED) is 0.0929. The van der Waals surface area contributed by atoms with Gasteiger partial charge in [-0.2, -0.15) is 0 Å². The molecule has 10 atom stereocenters. The van der Waals surface area contributed by atoms with Gasteiger partial charge in [-0.25, -0.2) is 0 Å². The van der Waals surface area contributed by atoms with E-state index in [4.69, 9.17) is 31.6 Å². The van der Waals surface area contributed by atoms with Crippen molar-refractivity contribution in [1.82, 2.24) is 0 Å². The van der Waals surface area contributed by atoms with Gasteiger partial charge in [0.25, 0.3) is 8.32 Å². The largest absolute Gasteiger partial charge is 0.414 e. The third-order valence-electron chi connectivity index (χ3n) is 19.7. The van der Waals surface area contributed by atoms with Crippen LogP contribution in [0.1, 0.15) is 104 Å². The van der Waals surface area contributed by atoms with E-state index in [-0.39, 0.29) is 44.2 Å². The number of carbonyl (C=O) groups is 1. The normalized spacial score (nSPS) is 25.2. The van der Waals surface area contributed by atoms with Gasteiger partial charge in [-0.05, 0) is 94.0 Å². The zero-order valence-electron chi connectivity index (χ0n) is 53.8. The molecule has 1 N–H and O–H groups in total. The van der Waals surface area contributed by atoms with Crippen LogP contribution < -0.4 is 15.6 Å². The summed E-state index contributed by atoms with van der Waals surface area (Å²) >= 11 is 0. The van der Waals surface area contributed by atoms with Crippen LogP contribution in [0.2, 0.25) is 96.2 Å². The Morgan fingerprint density at radius 2 is 0.924 bits per heavy atom. The van der Waals surface area contributed by atoms with Crippen LogP contribution in [0.25, 0.3) is 0 Å². The summed E-state index contributed by atoms with van der Waals surface area (Å²) in [4.78, 5) is 16.6. The molecular weight excluding hydrogens is 1080 g/mol. The summed E-state index contributed by atoms with van der Waals surface area (Å²) in [5, 5.41) is 16.6. The Balaban J connectivity index is 1.86. The number of hydrogen-bond donors (Lipinski definition) is 1. The predicted molar refractivity (Wildman–Crippen MR) is 346 cm³/mol. The number of benzene rings is 3. The smallest absolute Gasteiger partial charge is 0.261 e. The van der Waals surface area contributed by atoms with E-state index in [1.54, 1.807) is 0 Å². The van der Waals surface area contributed by atoms with Crippen molar-refractivity contribution < 1.29 is 41.5 Å². The van der Waals surface area contributed by atoms with Gasteiger partial charge < -0.3 is 36.7 Å². The molecule has 79 heavy (non-hydrogen) atoms. The van der Waals surface area contributed by atoms with Gasteiger partial charge in [-0.1, -0.05) is 220 Å². The Morgan fingerprint density at radius 3 is 1.32 bits per heavy atom. The van der Waals surface area contributed by atoms with Crippen molar-refractivity contribution in [2.75, 3.05) is 13.2 Å². The highest BCUT2D eigenvalue weighted by atomic mass is 28.4. The number of carbonyl (C=O) groups excluding carboxylic acids is 1. The maximum absolute atomic E-state index is 16.6. The van der Waals surface area contributed by atoms with Crippen LogP contribution in [0.15, 0.2) is 109 Å². The molecule has 5 rings (SSSR count). The highest BCUT2D eigenvalue weighted by Gasteiger charge is 2.63. The molecular formula is C64H108O9Si6. The minimum absolute atomic E-state index is 0.0329. The van der Waals surface area contributed by atoms with Crippen LogP contribution in [0.4, 0.5) is 0 Å². The molecule has 3 aromatic rings. The summed E-state index contributed by atoms with van der Waals surface area (Å²) in [6.07, 6.45) is -5.19. The third kappa shape index (κ3) is 14.5. The van der Waals surface area contributed by atoms with Gasteiger partial charge in [0.05, 0.1) is 39.4 Å². The average molecular weight is 1190 g/mol. The molecule has 9 nitrogen and oxygen atoms in total. The predicted octanol–water partition coefficient (Wildman–Crippen LogP) is 14.2. The van der Waals surface area contributed by atoms with Crippen LogP contribution in [0.3, 0.4) is 0 Å². The first-order chi connectivity index (χ1) is 35.9.